The maximum absolute atomic E-state index is 12.2. The zero-order valence-corrected chi connectivity index (χ0v) is 18.9. The lowest BCUT2D eigenvalue weighted by molar-refractivity contribution is -0.274. The van der Waals surface area contributed by atoms with E-state index in [-0.39, 0.29) is 5.75 Å². The normalized spacial score (nSPS) is 30.7. The molecular weight excluding hydrogens is 417 g/mol. The number of hydrogen-bond acceptors (Lipinski definition) is 2. The van der Waals surface area contributed by atoms with Crippen LogP contribution in [0.3, 0.4) is 0 Å². The first kappa shape index (κ1) is 22.8. The quantitative estimate of drug-likeness (QED) is 0.313. The number of hydrogen-bond donors (Lipinski definition) is 0. The molecule has 0 aromatic heterocycles. The number of rotatable bonds is 7. The van der Waals surface area contributed by atoms with Crippen LogP contribution in [0.4, 0.5) is 13.2 Å². The summed E-state index contributed by atoms with van der Waals surface area (Å²) in [7, 11) is -1.44. The molecule has 7 heteroatoms. The zero-order chi connectivity index (χ0) is 20.9. The summed E-state index contributed by atoms with van der Waals surface area (Å²) in [4.78, 5) is 0. The summed E-state index contributed by atoms with van der Waals surface area (Å²) in [6.07, 6.45) is 4.10. The lowest BCUT2D eigenvalue weighted by Gasteiger charge is -2.40. The first-order chi connectivity index (χ1) is 13.8. The van der Waals surface area contributed by atoms with Gasteiger partial charge in [0.1, 0.15) is 11.5 Å². The van der Waals surface area contributed by atoms with E-state index in [1.54, 1.807) is 0 Å². The van der Waals surface area contributed by atoms with Gasteiger partial charge in [0.05, 0.1) is 6.61 Å². The van der Waals surface area contributed by atoms with Crippen LogP contribution in [0, 0.1) is 17.8 Å². The van der Waals surface area contributed by atoms with Gasteiger partial charge in [-0.25, -0.2) is 0 Å². The summed E-state index contributed by atoms with van der Waals surface area (Å²) < 4.78 is 46.3. The fourth-order valence-corrected chi connectivity index (χ4v) is 9.75. The van der Waals surface area contributed by atoms with Crippen molar-refractivity contribution >= 4 is 18.5 Å². The summed E-state index contributed by atoms with van der Waals surface area (Å²) in [5.74, 6) is 2.59. The van der Waals surface area contributed by atoms with Crippen molar-refractivity contribution < 1.29 is 22.6 Å². The molecule has 0 N–H and O–H groups in total. The van der Waals surface area contributed by atoms with E-state index >= 15 is 0 Å². The third kappa shape index (κ3) is 7.09. The van der Waals surface area contributed by atoms with E-state index in [0.717, 1.165) is 11.8 Å². The Hall–Kier alpha value is -0.883. The first-order valence-corrected chi connectivity index (χ1v) is 14.6. The van der Waals surface area contributed by atoms with Gasteiger partial charge in [-0.05, 0) is 85.8 Å². The molecule has 0 spiro atoms. The molecule has 0 amide bonds. The van der Waals surface area contributed by atoms with Crippen molar-refractivity contribution in [2.75, 3.05) is 6.61 Å². The van der Waals surface area contributed by atoms with E-state index < -0.39 is 13.7 Å². The summed E-state index contributed by atoms with van der Waals surface area (Å²) >= 11 is 6.90. The van der Waals surface area contributed by atoms with Crippen molar-refractivity contribution in [3.8, 4) is 11.5 Å². The minimum absolute atomic E-state index is 0.221. The fraction of sp³-hybridized carbons (Fsp3) is 0.727. The largest absolute Gasteiger partial charge is 0.573 e. The lowest BCUT2D eigenvalue weighted by Crippen LogP contribution is -2.35. The van der Waals surface area contributed by atoms with Gasteiger partial charge in [-0.2, -0.15) is 11.1 Å². The molecule has 164 valence electrons. The van der Waals surface area contributed by atoms with Gasteiger partial charge in [0.25, 0.3) is 0 Å². The van der Waals surface area contributed by atoms with Crippen LogP contribution in [0.1, 0.15) is 51.9 Å². The molecule has 1 aliphatic heterocycles. The molecule has 3 rings (SSSR count). The van der Waals surface area contributed by atoms with Gasteiger partial charge >= 0.3 is 6.36 Å². The van der Waals surface area contributed by atoms with Crippen LogP contribution >= 0.6 is 11.1 Å². The summed E-state index contributed by atoms with van der Waals surface area (Å²) in [5.41, 5.74) is 0. The van der Waals surface area contributed by atoms with Crippen molar-refractivity contribution in [1.82, 2.24) is 0 Å². The minimum Gasteiger partial charge on any atom is -0.493 e. The Morgan fingerprint density at radius 3 is 2.03 bits per heavy atom. The molecule has 1 aromatic rings. The molecule has 29 heavy (non-hydrogen) atoms. The third-order valence-electron chi connectivity index (χ3n) is 6.73. The highest BCUT2D eigenvalue weighted by molar-refractivity contribution is 7.20. The lowest BCUT2D eigenvalue weighted by atomic mass is 9.74. The molecule has 2 aliphatic rings. The van der Waals surface area contributed by atoms with Gasteiger partial charge in [0.2, 0.25) is 0 Å². The Bertz CT molecular complexity index is 622. The van der Waals surface area contributed by atoms with Crippen molar-refractivity contribution in [2.45, 2.75) is 76.4 Å². The van der Waals surface area contributed by atoms with Crippen LogP contribution in [0.5, 0.6) is 11.5 Å². The Kier molecular flexibility index (Phi) is 7.82. The molecule has 0 bridgehead atoms. The topological polar surface area (TPSA) is 18.5 Å². The molecule has 0 unspecified atom stereocenters. The van der Waals surface area contributed by atoms with Crippen LogP contribution in [-0.4, -0.2) is 20.4 Å². The van der Waals surface area contributed by atoms with Gasteiger partial charge < -0.3 is 9.47 Å². The monoisotopic (exact) mass is 448 g/mol. The molecular formula is C22H32ClF3O2Si. The average Bonchev–Trinajstić information content (AvgIpc) is 2.67. The van der Waals surface area contributed by atoms with E-state index in [1.807, 2.05) is 0 Å². The second kappa shape index (κ2) is 9.95. The van der Waals surface area contributed by atoms with E-state index in [2.05, 4.69) is 11.7 Å². The second-order valence-electron chi connectivity index (χ2n) is 8.85. The standard InChI is InChI=1S/C22H32ClF3O2Si/c1-2-13-29(23)14-11-19(12-15-29)18-5-3-17(4-6-18)16-27-20-7-9-21(10-8-20)28-22(24,25)26/h7-10,17-19H,2-6,11-16H2,1H3/t17-,18-,19?,29?. The summed E-state index contributed by atoms with van der Waals surface area (Å²) in [5, 5.41) is 0. The summed E-state index contributed by atoms with van der Waals surface area (Å²) in [6, 6.07) is 9.52. The number of ether oxygens (including phenoxy) is 2. The first-order valence-electron chi connectivity index (χ1n) is 10.9. The van der Waals surface area contributed by atoms with Gasteiger partial charge in [-0.1, -0.05) is 26.2 Å². The van der Waals surface area contributed by atoms with E-state index in [9.17, 15) is 13.2 Å². The van der Waals surface area contributed by atoms with Gasteiger partial charge in [0, 0.05) is 0 Å². The highest BCUT2D eigenvalue weighted by Gasteiger charge is 2.38. The molecule has 1 saturated carbocycles. The van der Waals surface area contributed by atoms with Gasteiger partial charge in [-0.15, -0.1) is 13.2 Å². The van der Waals surface area contributed by atoms with Crippen LogP contribution in [0.25, 0.3) is 0 Å². The van der Waals surface area contributed by atoms with Crippen LogP contribution in [-0.2, 0) is 0 Å². The Labute approximate surface area is 177 Å². The van der Waals surface area contributed by atoms with Crippen molar-refractivity contribution in [2.24, 2.45) is 17.8 Å². The molecule has 1 heterocycles. The smallest absolute Gasteiger partial charge is 0.493 e. The molecule has 0 atom stereocenters. The predicted octanol–water partition coefficient (Wildman–Crippen LogP) is 7.77. The molecule has 2 nitrogen and oxygen atoms in total. The van der Waals surface area contributed by atoms with Crippen LogP contribution < -0.4 is 9.47 Å². The highest BCUT2D eigenvalue weighted by atomic mass is 35.6. The predicted molar refractivity (Wildman–Crippen MR) is 113 cm³/mol. The molecule has 0 radical (unpaired) electrons. The van der Waals surface area contributed by atoms with E-state index in [4.69, 9.17) is 15.8 Å². The zero-order valence-electron chi connectivity index (χ0n) is 17.1. The van der Waals surface area contributed by atoms with Crippen molar-refractivity contribution in [1.29, 1.82) is 0 Å². The second-order valence-corrected chi connectivity index (χ2v) is 15.1. The Balaban J connectivity index is 1.37. The summed E-state index contributed by atoms with van der Waals surface area (Å²) in [6.45, 7) is 2.88. The Morgan fingerprint density at radius 1 is 0.931 bits per heavy atom. The van der Waals surface area contributed by atoms with Crippen molar-refractivity contribution in [3.05, 3.63) is 24.3 Å². The minimum atomic E-state index is -4.66. The number of halogens is 4. The molecule has 1 aliphatic carbocycles. The van der Waals surface area contributed by atoms with E-state index in [1.165, 1.54) is 87.3 Å². The fourth-order valence-electron chi connectivity index (χ4n) is 5.10. The third-order valence-corrected chi connectivity index (χ3v) is 12.2. The van der Waals surface area contributed by atoms with Gasteiger partial charge in [0.15, 0.2) is 7.38 Å². The molecule has 1 saturated heterocycles. The van der Waals surface area contributed by atoms with Gasteiger partial charge in [-0.3, -0.25) is 0 Å². The maximum Gasteiger partial charge on any atom is 0.573 e. The van der Waals surface area contributed by atoms with Crippen LogP contribution in [0.2, 0.25) is 18.1 Å². The van der Waals surface area contributed by atoms with Crippen LogP contribution in [0.15, 0.2) is 24.3 Å². The average molecular weight is 449 g/mol. The highest BCUT2D eigenvalue weighted by Crippen LogP contribution is 2.45. The molecule has 1 aromatic carbocycles. The number of benzene rings is 1. The van der Waals surface area contributed by atoms with Crippen molar-refractivity contribution in [3.63, 3.8) is 0 Å². The van der Waals surface area contributed by atoms with E-state index in [0.29, 0.717) is 18.3 Å². The maximum atomic E-state index is 12.2. The SMILES string of the molecule is CCC[Si]1(Cl)CCC([C@H]2CC[C@H](COc3ccc(OC(F)(F)F)cc3)CC2)CC1. The number of alkyl halides is 3. The molecule has 2 fully saturated rings. The Morgan fingerprint density at radius 2 is 1.48 bits per heavy atom.